The highest BCUT2D eigenvalue weighted by Crippen LogP contribution is 2.32. The Hall–Kier alpha value is -2.71. The molecule has 5 rings (SSSR count). The molecule has 1 aliphatic carbocycles. The minimum Gasteiger partial charge on any atom is -0.354 e. The topological polar surface area (TPSA) is 88.0 Å². The first-order chi connectivity index (χ1) is 18.1. The summed E-state index contributed by atoms with van der Waals surface area (Å²) in [6.07, 6.45) is 13.0. The van der Waals surface area contributed by atoms with Crippen LogP contribution in [0.1, 0.15) is 75.6 Å². The normalized spacial score (nSPS) is 17.5. The third-order valence-corrected chi connectivity index (χ3v) is 8.13. The molecule has 198 valence electrons. The predicted octanol–water partition coefficient (Wildman–Crippen LogP) is 5.68. The third-order valence-electron chi connectivity index (χ3n) is 7.90. The molecule has 0 spiro atoms. The standard InChI is InChI=1S/C28H38ClN7O/c1-2-3-12-35-13-10-20(11-14-35)17-30-28-32-26(16-21-15-22(29)8-9-25(21)31-19-37)24-18-36(34-27(24)33-28)23-6-4-5-7-23/h8-9,15,18-20,23H,2-7,10-14,16-17H2,1H3,(H,31,37)(H,30,33,34). The van der Waals surface area contributed by atoms with Crippen LogP contribution in [0, 0.1) is 5.92 Å². The van der Waals surface area contributed by atoms with Crippen LogP contribution >= 0.6 is 11.6 Å². The summed E-state index contributed by atoms with van der Waals surface area (Å²) in [5.41, 5.74) is 3.26. The zero-order valence-electron chi connectivity index (χ0n) is 21.8. The van der Waals surface area contributed by atoms with Crippen molar-refractivity contribution in [1.29, 1.82) is 0 Å². The second kappa shape index (κ2) is 12.2. The summed E-state index contributed by atoms with van der Waals surface area (Å²) in [7, 11) is 0. The molecule has 2 aliphatic rings. The third kappa shape index (κ3) is 6.41. The van der Waals surface area contributed by atoms with Gasteiger partial charge in [-0.2, -0.15) is 10.1 Å². The largest absolute Gasteiger partial charge is 0.354 e. The molecule has 2 aromatic heterocycles. The lowest BCUT2D eigenvalue weighted by atomic mass is 9.96. The van der Waals surface area contributed by atoms with E-state index >= 15 is 0 Å². The minimum atomic E-state index is 0.426. The van der Waals surface area contributed by atoms with Crippen molar-refractivity contribution < 1.29 is 4.79 Å². The van der Waals surface area contributed by atoms with Crippen molar-refractivity contribution in [3.63, 3.8) is 0 Å². The maximum absolute atomic E-state index is 11.2. The number of hydrogen-bond donors (Lipinski definition) is 2. The molecular formula is C28H38ClN7O. The predicted molar refractivity (Wildman–Crippen MR) is 149 cm³/mol. The number of rotatable bonds is 11. The van der Waals surface area contributed by atoms with Gasteiger partial charge < -0.3 is 15.5 Å². The number of nitrogens with zero attached hydrogens (tertiary/aromatic N) is 5. The van der Waals surface area contributed by atoms with Crippen LogP contribution in [0.2, 0.25) is 5.02 Å². The maximum atomic E-state index is 11.2. The van der Waals surface area contributed by atoms with Crippen LogP contribution in [0.5, 0.6) is 0 Å². The molecule has 0 radical (unpaired) electrons. The highest BCUT2D eigenvalue weighted by atomic mass is 35.5. The Morgan fingerprint density at radius 3 is 2.70 bits per heavy atom. The summed E-state index contributed by atoms with van der Waals surface area (Å²) in [5.74, 6) is 1.24. The molecular weight excluding hydrogens is 486 g/mol. The first kappa shape index (κ1) is 25.9. The fraction of sp³-hybridized carbons (Fsp3) is 0.571. The molecule has 1 saturated heterocycles. The lowest BCUT2D eigenvalue weighted by molar-refractivity contribution is -0.105. The molecule has 1 saturated carbocycles. The summed E-state index contributed by atoms with van der Waals surface area (Å²) in [6.45, 7) is 6.68. The highest BCUT2D eigenvalue weighted by Gasteiger charge is 2.22. The quantitative estimate of drug-likeness (QED) is 0.314. The number of piperidine rings is 1. The van der Waals surface area contributed by atoms with Crippen molar-refractivity contribution >= 4 is 40.7 Å². The van der Waals surface area contributed by atoms with Gasteiger partial charge in [-0.1, -0.05) is 37.8 Å². The summed E-state index contributed by atoms with van der Waals surface area (Å²) in [6, 6.07) is 5.93. The van der Waals surface area contributed by atoms with Gasteiger partial charge in [-0.25, -0.2) is 4.98 Å². The Labute approximate surface area is 224 Å². The SMILES string of the molecule is CCCCN1CCC(CNc2nc(Cc3cc(Cl)ccc3NC=O)c3cn(C4CCCC4)nc3n2)CC1. The lowest BCUT2D eigenvalue weighted by Crippen LogP contribution is -2.36. The molecule has 1 aliphatic heterocycles. The van der Waals surface area contributed by atoms with E-state index in [1.54, 1.807) is 6.07 Å². The molecule has 9 heteroatoms. The van der Waals surface area contributed by atoms with Gasteiger partial charge >= 0.3 is 0 Å². The molecule has 2 N–H and O–H groups in total. The van der Waals surface area contributed by atoms with Crippen LogP contribution < -0.4 is 10.6 Å². The van der Waals surface area contributed by atoms with Crippen LogP contribution in [-0.2, 0) is 11.2 Å². The number of aromatic nitrogens is 4. The van der Waals surface area contributed by atoms with E-state index in [1.165, 1.54) is 58.2 Å². The van der Waals surface area contributed by atoms with Crippen LogP contribution in [0.3, 0.4) is 0 Å². The Bertz CT molecular complexity index is 1200. The van der Waals surface area contributed by atoms with Gasteiger partial charge in [-0.3, -0.25) is 9.48 Å². The molecule has 37 heavy (non-hydrogen) atoms. The van der Waals surface area contributed by atoms with E-state index in [0.717, 1.165) is 47.4 Å². The van der Waals surface area contributed by atoms with Crippen LogP contribution in [0.4, 0.5) is 11.6 Å². The number of carbonyl (C=O) groups excluding carboxylic acids is 1. The van der Waals surface area contributed by atoms with Gasteiger partial charge in [0.2, 0.25) is 12.4 Å². The Morgan fingerprint density at radius 2 is 1.95 bits per heavy atom. The van der Waals surface area contributed by atoms with Crippen molar-refractivity contribution in [3.05, 3.63) is 40.7 Å². The number of anilines is 2. The average Bonchev–Trinajstić information content (AvgIpc) is 3.59. The Morgan fingerprint density at radius 1 is 1.14 bits per heavy atom. The van der Waals surface area contributed by atoms with Crippen molar-refractivity contribution in [1.82, 2.24) is 24.6 Å². The number of nitrogens with one attached hydrogen (secondary N) is 2. The Balaban J connectivity index is 1.37. The smallest absolute Gasteiger partial charge is 0.225 e. The molecule has 1 amide bonds. The average molecular weight is 524 g/mol. The van der Waals surface area contributed by atoms with Gasteiger partial charge in [0.1, 0.15) is 0 Å². The van der Waals surface area contributed by atoms with Gasteiger partial charge in [0.05, 0.1) is 17.1 Å². The van der Waals surface area contributed by atoms with E-state index in [2.05, 4.69) is 33.3 Å². The van der Waals surface area contributed by atoms with E-state index < -0.39 is 0 Å². The number of benzene rings is 1. The minimum absolute atomic E-state index is 0.426. The second-order valence-corrected chi connectivity index (χ2v) is 11.0. The first-order valence-electron chi connectivity index (χ1n) is 13.8. The number of carbonyl (C=O) groups is 1. The Kier molecular flexibility index (Phi) is 8.56. The van der Waals surface area contributed by atoms with Gasteiger partial charge in [0, 0.05) is 29.9 Å². The molecule has 0 atom stereocenters. The molecule has 2 fully saturated rings. The van der Waals surface area contributed by atoms with Gasteiger partial charge in [-0.05, 0) is 81.4 Å². The zero-order chi connectivity index (χ0) is 25.6. The molecule has 3 heterocycles. The molecule has 0 bridgehead atoms. The fourth-order valence-corrected chi connectivity index (χ4v) is 5.87. The van der Waals surface area contributed by atoms with Gasteiger partial charge in [-0.15, -0.1) is 0 Å². The van der Waals surface area contributed by atoms with E-state index in [4.69, 9.17) is 26.7 Å². The second-order valence-electron chi connectivity index (χ2n) is 10.5. The van der Waals surface area contributed by atoms with Gasteiger partial charge in [0.15, 0.2) is 5.65 Å². The lowest BCUT2D eigenvalue weighted by Gasteiger charge is -2.31. The number of hydrogen-bond acceptors (Lipinski definition) is 6. The van der Waals surface area contributed by atoms with E-state index in [0.29, 0.717) is 35.8 Å². The van der Waals surface area contributed by atoms with Crippen LogP contribution in [0.15, 0.2) is 24.4 Å². The summed E-state index contributed by atoms with van der Waals surface area (Å²) >= 11 is 6.32. The van der Waals surface area contributed by atoms with Gasteiger partial charge in [0.25, 0.3) is 0 Å². The number of unbranched alkanes of at least 4 members (excludes halogenated alkanes) is 1. The summed E-state index contributed by atoms with van der Waals surface area (Å²) in [4.78, 5) is 23.6. The fourth-order valence-electron chi connectivity index (χ4n) is 5.68. The summed E-state index contributed by atoms with van der Waals surface area (Å²) < 4.78 is 2.09. The number of fused-ring (bicyclic) bond motifs is 1. The number of likely N-dealkylation sites (tertiary alicyclic amines) is 1. The number of amides is 1. The molecule has 1 aromatic carbocycles. The first-order valence-corrected chi connectivity index (χ1v) is 14.2. The van der Waals surface area contributed by atoms with Crippen LogP contribution in [-0.4, -0.2) is 57.2 Å². The van der Waals surface area contributed by atoms with Crippen molar-refractivity contribution in [2.75, 3.05) is 36.8 Å². The highest BCUT2D eigenvalue weighted by molar-refractivity contribution is 6.30. The van der Waals surface area contributed by atoms with E-state index in [-0.39, 0.29) is 0 Å². The monoisotopic (exact) mass is 523 g/mol. The van der Waals surface area contributed by atoms with E-state index in [9.17, 15) is 4.79 Å². The zero-order valence-corrected chi connectivity index (χ0v) is 22.5. The van der Waals surface area contributed by atoms with E-state index in [1.807, 2.05) is 12.1 Å². The molecule has 3 aromatic rings. The molecule has 8 nitrogen and oxygen atoms in total. The van der Waals surface area contributed by atoms with Crippen LogP contribution in [0.25, 0.3) is 11.0 Å². The van der Waals surface area contributed by atoms with Crippen molar-refractivity contribution in [3.8, 4) is 0 Å². The molecule has 0 unspecified atom stereocenters. The maximum Gasteiger partial charge on any atom is 0.225 e. The van der Waals surface area contributed by atoms with Crippen molar-refractivity contribution in [2.24, 2.45) is 5.92 Å². The van der Waals surface area contributed by atoms with Crippen molar-refractivity contribution in [2.45, 2.75) is 70.8 Å². The summed E-state index contributed by atoms with van der Waals surface area (Å²) in [5, 5.41) is 12.8. The number of halogens is 1.